The number of hydrogen-bond donors (Lipinski definition) is 0. The third-order valence-electron chi connectivity index (χ3n) is 3.31. The fourth-order valence-electron chi connectivity index (χ4n) is 2.56. The third-order valence-corrected chi connectivity index (χ3v) is 4.75. The van der Waals surface area contributed by atoms with Crippen LogP contribution in [0.25, 0.3) is 16.2 Å². The number of halogens is 1. The van der Waals surface area contributed by atoms with Crippen molar-refractivity contribution in [2.45, 2.75) is 13.3 Å². The van der Waals surface area contributed by atoms with Crippen LogP contribution in [-0.4, -0.2) is 9.38 Å². The van der Waals surface area contributed by atoms with Crippen LogP contribution in [0.15, 0.2) is 28.1 Å². The first-order valence-corrected chi connectivity index (χ1v) is 7.15. The van der Waals surface area contributed by atoms with Gasteiger partial charge in [-0.25, -0.2) is 4.98 Å². The molecule has 0 saturated heterocycles. The topological polar surface area (TPSA) is 17.3 Å². The lowest BCUT2D eigenvalue weighted by Crippen LogP contribution is -1.91. The predicted molar refractivity (Wildman–Crippen MR) is 73.7 cm³/mol. The number of hydrogen-bond acceptors (Lipinski definition) is 2. The van der Waals surface area contributed by atoms with E-state index in [1.54, 1.807) is 11.3 Å². The molecule has 0 amide bonds. The van der Waals surface area contributed by atoms with Gasteiger partial charge in [0.1, 0.15) is 0 Å². The van der Waals surface area contributed by atoms with E-state index in [9.17, 15) is 0 Å². The van der Waals surface area contributed by atoms with Crippen molar-refractivity contribution < 1.29 is 0 Å². The van der Waals surface area contributed by atoms with Crippen LogP contribution in [0.4, 0.5) is 0 Å². The highest BCUT2D eigenvalue weighted by molar-refractivity contribution is 9.10. The second kappa shape index (κ2) is 3.21. The Balaban J connectivity index is 2.07. The van der Waals surface area contributed by atoms with Crippen molar-refractivity contribution in [3.63, 3.8) is 0 Å². The van der Waals surface area contributed by atoms with E-state index in [4.69, 9.17) is 4.98 Å². The molecule has 2 heterocycles. The van der Waals surface area contributed by atoms with Gasteiger partial charge in [0, 0.05) is 27.5 Å². The maximum absolute atomic E-state index is 4.75. The summed E-state index contributed by atoms with van der Waals surface area (Å²) in [5.74, 6) is 0. The molecule has 84 valence electrons. The van der Waals surface area contributed by atoms with Crippen LogP contribution in [0.5, 0.6) is 0 Å². The molecule has 0 saturated carbocycles. The van der Waals surface area contributed by atoms with Gasteiger partial charge in [-0.1, -0.05) is 22.0 Å². The summed E-state index contributed by atoms with van der Waals surface area (Å²) in [6.45, 7) is 2.14. The number of thiazole rings is 1. The minimum atomic E-state index is 0.989. The Morgan fingerprint density at radius 1 is 1.41 bits per heavy atom. The van der Waals surface area contributed by atoms with Crippen LogP contribution in [0.2, 0.25) is 0 Å². The highest BCUT2D eigenvalue weighted by atomic mass is 79.9. The summed E-state index contributed by atoms with van der Waals surface area (Å²) in [6.07, 6.45) is 0.989. The quantitative estimate of drug-likeness (QED) is 0.479. The van der Waals surface area contributed by atoms with Gasteiger partial charge in [0.25, 0.3) is 0 Å². The van der Waals surface area contributed by atoms with Crippen LogP contribution in [0.3, 0.4) is 0 Å². The summed E-state index contributed by atoms with van der Waals surface area (Å²) in [5.41, 5.74) is 6.45. The molecule has 0 unspecified atom stereocenters. The van der Waals surface area contributed by atoms with E-state index in [2.05, 4.69) is 50.8 Å². The summed E-state index contributed by atoms with van der Waals surface area (Å²) in [4.78, 5) is 5.86. The molecule has 0 spiro atoms. The number of fused-ring (bicyclic) bond motifs is 5. The molecular weight excluding hydrogens is 296 g/mol. The van der Waals surface area contributed by atoms with E-state index in [1.165, 1.54) is 28.2 Å². The standard InChI is InChI=1S/C13H9BrN2S/c1-7-6-17-13-15-12-10-3-2-9(14)4-8(10)5-11(12)16(7)13/h2-4,6H,5H2,1H3. The largest absolute Gasteiger partial charge is 0.291 e. The minimum absolute atomic E-state index is 0.989. The first-order valence-electron chi connectivity index (χ1n) is 5.48. The van der Waals surface area contributed by atoms with E-state index >= 15 is 0 Å². The van der Waals surface area contributed by atoms with E-state index in [-0.39, 0.29) is 0 Å². The third kappa shape index (κ3) is 1.22. The molecule has 0 radical (unpaired) electrons. The summed E-state index contributed by atoms with van der Waals surface area (Å²) in [6, 6.07) is 6.46. The van der Waals surface area contributed by atoms with Crippen molar-refractivity contribution in [2.75, 3.05) is 0 Å². The summed E-state index contributed by atoms with van der Waals surface area (Å²) < 4.78 is 3.43. The zero-order chi connectivity index (χ0) is 11.6. The first kappa shape index (κ1) is 9.85. The fourth-order valence-corrected chi connectivity index (χ4v) is 3.86. The maximum atomic E-state index is 4.75. The van der Waals surface area contributed by atoms with Gasteiger partial charge in [-0.05, 0) is 24.6 Å². The summed E-state index contributed by atoms with van der Waals surface area (Å²) in [7, 11) is 0. The molecule has 0 fully saturated rings. The number of rotatable bonds is 0. The smallest absolute Gasteiger partial charge is 0.194 e. The molecule has 3 aromatic rings. The molecule has 2 aromatic heterocycles. The summed E-state index contributed by atoms with van der Waals surface area (Å²) >= 11 is 5.25. The van der Waals surface area contributed by atoms with Crippen LogP contribution >= 0.6 is 27.3 Å². The fraction of sp³-hybridized carbons (Fsp3) is 0.154. The lowest BCUT2D eigenvalue weighted by molar-refractivity contribution is 1.02. The Labute approximate surface area is 111 Å². The highest BCUT2D eigenvalue weighted by Crippen LogP contribution is 2.39. The second-order valence-electron chi connectivity index (χ2n) is 4.38. The SMILES string of the molecule is Cc1csc2nc3c(n12)Cc1cc(Br)ccc1-3. The van der Waals surface area contributed by atoms with Crippen molar-refractivity contribution in [1.29, 1.82) is 0 Å². The lowest BCUT2D eigenvalue weighted by atomic mass is 10.1. The Kier molecular flexibility index (Phi) is 1.86. The van der Waals surface area contributed by atoms with Gasteiger partial charge in [-0.2, -0.15) is 0 Å². The Hall–Kier alpha value is -1.13. The average molecular weight is 305 g/mol. The van der Waals surface area contributed by atoms with Gasteiger partial charge in [0.05, 0.1) is 11.4 Å². The van der Waals surface area contributed by atoms with Crippen LogP contribution in [-0.2, 0) is 6.42 Å². The van der Waals surface area contributed by atoms with E-state index in [1.807, 2.05) is 0 Å². The summed E-state index contributed by atoms with van der Waals surface area (Å²) in [5, 5.41) is 2.17. The average Bonchev–Trinajstić information content (AvgIpc) is 2.89. The first-order chi connectivity index (χ1) is 8.24. The zero-order valence-corrected chi connectivity index (χ0v) is 11.6. The molecular formula is C13H9BrN2S. The number of imidazole rings is 1. The number of benzene rings is 1. The highest BCUT2D eigenvalue weighted by Gasteiger charge is 2.25. The number of aryl methyl sites for hydroxylation is 1. The Morgan fingerprint density at radius 3 is 3.18 bits per heavy atom. The van der Waals surface area contributed by atoms with E-state index < -0.39 is 0 Å². The van der Waals surface area contributed by atoms with Crippen LogP contribution in [0, 0.1) is 6.92 Å². The van der Waals surface area contributed by atoms with Gasteiger partial charge >= 0.3 is 0 Å². The number of nitrogens with zero attached hydrogens (tertiary/aromatic N) is 2. The molecule has 0 N–H and O–H groups in total. The molecule has 1 aliphatic carbocycles. The number of aromatic nitrogens is 2. The Bertz CT molecular complexity index is 754. The maximum Gasteiger partial charge on any atom is 0.194 e. The van der Waals surface area contributed by atoms with Gasteiger partial charge in [-0.3, -0.25) is 4.40 Å². The molecule has 0 bridgehead atoms. The minimum Gasteiger partial charge on any atom is -0.291 e. The predicted octanol–water partition coefficient (Wildman–Crippen LogP) is 4.04. The Morgan fingerprint density at radius 2 is 2.29 bits per heavy atom. The van der Waals surface area contributed by atoms with Crippen molar-refractivity contribution in [3.05, 3.63) is 45.0 Å². The lowest BCUT2D eigenvalue weighted by Gasteiger charge is -1.99. The van der Waals surface area contributed by atoms with Crippen molar-refractivity contribution in [2.24, 2.45) is 0 Å². The molecule has 1 aliphatic rings. The van der Waals surface area contributed by atoms with Gasteiger partial charge < -0.3 is 0 Å². The molecule has 1 aromatic carbocycles. The van der Waals surface area contributed by atoms with E-state index in [0.717, 1.165) is 15.9 Å². The van der Waals surface area contributed by atoms with Gasteiger partial charge in [0.2, 0.25) is 0 Å². The molecule has 4 heteroatoms. The normalized spacial score (nSPS) is 13.1. The molecule has 0 atom stereocenters. The van der Waals surface area contributed by atoms with Crippen molar-refractivity contribution >= 4 is 32.2 Å². The van der Waals surface area contributed by atoms with E-state index in [0.29, 0.717) is 0 Å². The molecule has 2 nitrogen and oxygen atoms in total. The zero-order valence-electron chi connectivity index (χ0n) is 9.20. The van der Waals surface area contributed by atoms with Crippen molar-refractivity contribution in [3.8, 4) is 11.3 Å². The van der Waals surface area contributed by atoms with Crippen molar-refractivity contribution in [1.82, 2.24) is 9.38 Å². The van der Waals surface area contributed by atoms with Crippen LogP contribution < -0.4 is 0 Å². The molecule has 4 rings (SSSR count). The second-order valence-corrected chi connectivity index (χ2v) is 6.13. The molecule has 17 heavy (non-hydrogen) atoms. The van der Waals surface area contributed by atoms with Gasteiger partial charge in [-0.15, -0.1) is 11.3 Å². The molecule has 0 aliphatic heterocycles. The monoisotopic (exact) mass is 304 g/mol. The van der Waals surface area contributed by atoms with Gasteiger partial charge in [0.15, 0.2) is 4.96 Å². The van der Waals surface area contributed by atoms with Crippen LogP contribution in [0.1, 0.15) is 17.0 Å².